The smallest absolute Gasteiger partial charge is 0.138 e. The molecule has 124 valence electrons. The van der Waals surface area contributed by atoms with Gasteiger partial charge in [-0.15, -0.1) is 11.3 Å². The Bertz CT molecular complexity index is 829. The van der Waals surface area contributed by atoms with Gasteiger partial charge in [0, 0.05) is 24.4 Å². The van der Waals surface area contributed by atoms with E-state index in [1.807, 2.05) is 30.6 Å². The molecule has 1 aliphatic carbocycles. The minimum atomic E-state index is -0.170. The molecule has 3 aromatic rings. The largest absolute Gasteiger partial charge is 0.393 e. The minimum absolute atomic E-state index is 0.170. The van der Waals surface area contributed by atoms with Crippen molar-refractivity contribution >= 4 is 27.4 Å². The van der Waals surface area contributed by atoms with E-state index in [1.54, 1.807) is 11.3 Å². The zero-order valence-electron chi connectivity index (χ0n) is 13.5. The molecule has 1 aliphatic rings. The van der Waals surface area contributed by atoms with Crippen LogP contribution in [0.15, 0.2) is 35.8 Å². The lowest BCUT2D eigenvalue weighted by Gasteiger charge is -2.38. The number of hydrogen-bond acceptors (Lipinski definition) is 6. The molecular formula is C18H20N4OS. The van der Waals surface area contributed by atoms with Gasteiger partial charge in [-0.25, -0.2) is 9.97 Å². The summed E-state index contributed by atoms with van der Waals surface area (Å²) in [6, 6.07) is 8.27. The van der Waals surface area contributed by atoms with Gasteiger partial charge in [0.15, 0.2) is 0 Å². The Morgan fingerprint density at radius 3 is 2.92 bits per heavy atom. The molecule has 0 radical (unpaired) electrons. The van der Waals surface area contributed by atoms with E-state index >= 15 is 0 Å². The normalized spacial score (nSPS) is 21.4. The molecule has 2 N–H and O–H groups in total. The van der Waals surface area contributed by atoms with Crippen LogP contribution in [-0.2, 0) is 6.42 Å². The standard InChI is InChI=1S/C18H20N4OS/c1-11-20-17(15-5-7-24-18(15)21-11)22-16(12-8-14(23)9-12)10-13-4-2-3-6-19-13/h2-7,12,14,16,23H,8-10H2,1H3,(H,20,21,22). The Morgan fingerprint density at radius 1 is 1.29 bits per heavy atom. The first-order valence-electron chi connectivity index (χ1n) is 8.25. The third-order valence-electron chi connectivity index (χ3n) is 4.63. The van der Waals surface area contributed by atoms with Gasteiger partial charge in [-0.1, -0.05) is 6.07 Å². The van der Waals surface area contributed by atoms with E-state index in [0.717, 1.165) is 46.8 Å². The predicted octanol–water partition coefficient (Wildman–Crippen LogP) is 3.19. The predicted molar refractivity (Wildman–Crippen MR) is 96.2 cm³/mol. The van der Waals surface area contributed by atoms with Crippen molar-refractivity contribution in [2.24, 2.45) is 5.92 Å². The highest BCUT2D eigenvalue weighted by Crippen LogP contribution is 2.34. The van der Waals surface area contributed by atoms with Crippen LogP contribution in [0.5, 0.6) is 0 Å². The van der Waals surface area contributed by atoms with Crippen molar-refractivity contribution in [3.63, 3.8) is 0 Å². The first-order chi connectivity index (χ1) is 11.7. The number of fused-ring (bicyclic) bond motifs is 1. The average molecular weight is 340 g/mol. The van der Waals surface area contributed by atoms with Gasteiger partial charge in [0.1, 0.15) is 16.5 Å². The number of hydrogen-bond donors (Lipinski definition) is 2. The third-order valence-corrected chi connectivity index (χ3v) is 5.44. The van der Waals surface area contributed by atoms with Gasteiger partial charge < -0.3 is 10.4 Å². The van der Waals surface area contributed by atoms with Crippen molar-refractivity contribution in [1.29, 1.82) is 0 Å². The summed E-state index contributed by atoms with van der Waals surface area (Å²) in [6.45, 7) is 1.92. The van der Waals surface area contributed by atoms with Crippen molar-refractivity contribution in [2.75, 3.05) is 5.32 Å². The van der Waals surface area contributed by atoms with E-state index in [9.17, 15) is 5.11 Å². The van der Waals surface area contributed by atoms with Gasteiger partial charge in [-0.3, -0.25) is 4.98 Å². The fourth-order valence-electron chi connectivity index (χ4n) is 3.29. The molecule has 24 heavy (non-hydrogen) atoms. The highest BCUT2D eigenvalue weighted by Gasteiger charge is 2.34. The summed E-state index contributed by atoms with van der Waals surface area (Å²) in [5, 5.41) is 16.5. The fraction of sp³-hybridized carbons (Fsp3) is 0.389. The van der Waals surface area contributed by atoms with Crippen molar-refractivity contribution in [1.82, 2.24) is 15.0 Å². The molecule has 5 nitrogen and oxygen atoms in total. The van der Waals surface area contributed by atoms with E-state index in [-0.39, 0.29) is 12.1 Å². The van der Waals surface area contributed by atoms with Crippen LogP contribution in [0.25, 0.3) is 10.2 Å². The number of pyridine rings is 1. The van der Waals surface area contributed by atoms with Crippen LogP contribution in [0.3, 0.4) is 0 Å². The molecule has 0 saturated heterocycles. The zero-order chi connectivity index (χ0) is 16.5. The molecule has 1 fully saturated rings. The van der Waals surface area contributed by atoms with Crippen molar-refractivity contribution < 1.29 is 5.11 Å². The highest BCUT2D eigenvalue weighted by molar-refractivity contribution is 7.16. The monoisotopic (exact) mass is 340 g/mol. The Kier molecular flexibility index (Phi) is 4.16. The molecule has 0 bridgehead atoms. The third kappa shape index (κ3) is 3.12. The SMILES string of the molecule is Cc1nc(NC(Cc2ccccn2)C2CC(O)C2)c2ccsc2n1. The maximum absolute atomic E-state index is 9.71. The molecule has 4 rings (SSSR count). The second-order valence-corrected chi connectivity index (χ2v) is 7.31. The average Bonchev–Trinajstić information content (AvgIpc) is 3.00. The fourth-order valence-corrected chi connectivity index (χ4v) is 4.10. The Morgan fingerprint density at radius 2 is 2.17 bits per heavy atom. The van der Waals surface area contributed by atoms with Crippen LogP contribution in [0.2, 0.25) is 0 Å². The Hall–Kier alpha value is -2.05. The number of thiophene rings is 1. The van der Waals surface area contributed by atoms with Crippen molar-refractivity contribution in [3.8, 4) is 0 Å². The van der Waals surface area contributed by atoms with Crippen molar-refractivity contribution in [2.45, 2.75) is 38.3 Å². The van der Waals surface area contributed by atoms with Crippen molar-refractivity contribution in [3.05, 3.63) is 47.4 Å². The molecule has 0 amide bonds. The van der Waals surface area contributed by atoms with Gasteiger partial charge in [0.2, 0.25) is 0 Å². The van der Waals surface area contributed by atoms with E-state index in [1.165, 1.54) is 0 Å². The van der Waals surface area contributed by atoms with E-state index in [4.69, 9.17) is 0 Å². The first kappa shape index (κ1) is 15.5. The summed E-state index contributed by atoms with van der Waals surface area (Å²) >= 11 is 1.63. The quantitative estimate of drug-likeness (QED) is 0.746. The van der Waals surface area contributed by atoms with E-state index < -0.39 is 0 Å². The van der Waals surface area contributed by atoms with Gasteiger partial charge in [-0.05, 0) is 49.3 Å². The van der Waals surface area contributed by atoms with Crippen LogP contribution in [0, 0.1) is 12.8 Å². The van der Waals surface area contributed by atoms with Crippen LogP contribution < -0.4 is 5.32 Å². The van der Waals surface area contributed by atoms with E-state index in [0.29, 0.717) is 5.92 Å². The number of aliphatic hydroxyl groups excluding tert-OH is 1. The molecule has 1 atom stereocenters. The number of nitrogens with one attached hydrogen (secondary N) is 1. The number of aliphatic hydroxyl groups is 1. The molecule has 0 aromatic carbocycles. The molecule has 0 spiro atoms. The molecule has 1 unspecified atom stereocenters. The number of aryl methyl sites for hydroxylation is 1. The molecular weight excluding hydrogens is 320 g/mol. The highest BCUT2D eigenvalue weighted by atomic mass is 32.1. The van der Waals surface area contributed by atoms with Gasteiger partial charge in [-0.2, -0.15) is 0 Å². The summed E-state index contributed by atoms with van der Waals surface area (Å²) in [5.41, 5.74) is 1.06. The summed E-state index contributed by atoms with van der Waals surface area (Å²) in [7, 11) is 0. The lowest BCUT2D eigenvalue weighted by atomic mass is 9.76. The minimum Gasteiger partial charge on any atom is -0.393 e. The van der Waals surface area contributed by atoms with Gasteiger partial charge in [0.05, 0.1) is 11.5 Å². The molecule has 3 heterocycles. The number of nitrogens with zero attached hydrogens (tertiary/aromatic N) is 3. The van der Waals surface area contributed by atoms with Gasteiger partial charge in [0.25, 0.3) is 0 Å². The Balaban J connectivity index is 1.62. The van der Waals surface area contributed by atoms with Gasteiger partial charge >= 0.3 is 0 Å². The lowest BCUT2D eigenvalue weighted by molar-refractivity contribution is 0.0340. The van der Waals surface area contributed by atoms with E-state index in [2.05, 4.69) is 32.4 Å². The number of aromatic nitrogens is 3. The maximum Gasteiger partial charge on any atom is 0.138 e. The van der Waals surface area contributed by atoms with Crippen LogP contribution in [-0.4, -0.2) is 32.2 Å². The van der Waals surface area contributed by atoms with Crippen LogP contribution in [0.4, 0.5) is 5.82 Å². The summed E-state index contributed by atoms with van der Waals surface area (Å²) in [6.07, 6.45) is 4.15. The summed E-state index contributed by atoms with van der Waals surface area (Å²) in [4.78, 5) is 14.6. The summed E-state index contributed by atoms with van der Waals surface area (Å²) < 4.78 is 0. The second-order valence-electron chi connectivity index (χ2n) is 6.42. The Labute approximate surface area is 144 Å². The first-order valence-corrected chi connectivity index (χ1v) is 9.13. The number of anilines is 1. The van der Waals surface area contributed by atoms with Crippen LogP contribution in [0.1, 0.15) is 24.4 Å². The number of rotatable bonds is 5. The lowest BCUT2D eigenvalue weighted by Crippen LogP contribution is -2.42. The maximum atomic E-state index is 9.71. The molecule has 0 aliphatic heterocycles. The summed E-state index contributed by atoms with van der Waals surface area (Å²) in [5.74, 6) is 2.10. The topological polar surface area (TPSA) is 70.9 Å². The molecule has 3 aromatic heterocycles. The van der Waals surface area contributed by atoms with Crippen LogP contribution >= 0.6 is 11.3 Å². The molecule has 1 saturated carbocycles. The molecule has 6 heteroatoms. The second kappa shape index (κ2) is 6.45. The zero-order valence-corrected chi connectivity index (χ0v) is 14.3.